The molecule has 0 bridgehead atoms. The van der Waals surface area contributed by atoms with Crippen molar-refractivity contribution in [2.24, 2.45) is 11.7 Å². The Labute approximate surface area is 132 Å². The Kier molecular flexibility index (Phi) is 5.62. The number of benzene rings is 1. The van der Waals surface area contributed by atoms with Gasteiger partial charge in [0.05, 0.1) is 6.54 Å². The molecule has 5 heteroatoms. The van der Waals surface area contributed by atoms with Crippen LogP contribution in [0.4, 0.5) is 0 Å². The number of halogens is 1. The van der Waals surface area contributed by atoms with E-state index in [1.807, 2.05) is 4.90 Å². The minimum absolute atomic E-state index is 0. The fourth-order valence-electron chi connectivity index (χ4n) is 3.25. The summed E-state index contributed by atoms with van der Waals surface area (Å²) >= 11 is 0. The Morgan fingerprint density at radius 1 is 1.24 bits per heavy atom. The summed E-state index contributed by atoms with van der Waals surface area (Å²) in [4.78, 5) is 16.7. The van der Waals surface area contributed by atoms with Crippen LogP contribution in [0.5, 0.6) is 0 Å². The summed E-state index contributed by atoms with van der Waals surface area (Å²) in [6.45, 7) is 4.90. The second kappa shape index (κ2) is 7.25. The van der Waals surface area contributed by atoms with Crippen LogP contribution < -0.4 is 5.73 Å². The number of nitrogens with two attached hydrogens (primary N) is 1. The van der Waals surface area contributed by atoms with Gasteiger partial charge in [-0.1, -0.05) is 24.3 Å². The van der Waals surface area contributed by atoms with Crippen molar-refractivity contribution < 1.29 is 4.79 Å². The highest BCUT2D eigenvalue weighted by atomic mass is 35.5. The van der Waals surface area contributed by atoms with Gasteiger partial charge in [0.15, 0.2) is 0 Å². The summed E-state index contributed by atoms with van der Waals surface area (Å²) in [6, 6.07) is 8.44. The second-order valence-corrected chi connectivity index (χ2v) is 5.96. The molecule has 4 nitrogen and oxygen atoms in total. The van der Waals surface area contributed by atoms with Gasteiger partial charge in [-0.15, -0.1) is 12.4 Å². The van der Waals surface area contributed by atoms with Gasteiger partial charge in [0.1, 0.15) is 0 Å². The van der Waals surface area contributed by atoms with Crippen molar-refractivity contribution in [3.8, 4) is 0 Å². The number of carbonyl (C=O) groups is 1. The number of hydrogen-bond acceptors (Lipinski definition) is 3. The van der Waals surface area contributed by atoms with Crippen LogP contribution >= 0.6 is 12.4 Å². The van der Waals surface area contributed by atoms with Crippen LogP contribution in [0.1, 0.15) is 17.5 Å². The molecule has 3 rings (SSSR count). The predicted molar refractivity (Wildman–Crippen MR) is 86.4 cm³/mol. The summed E-state index contributed by atoms with van der Waals surface area (Å²) < 4.78 is 0. The first-order chi connectivity index (χ1) is 9.76. The third-order valence-electron chi connectivity index (χ3n) is 4.55. The van der Waals surface area contributed by atoms with Crippen molar-refractivity contribution in [1.82, 2.24) is 9.80 Å². The van der Waals surface area contributed by atoms with Gasteiger partial charge in [0.2, 0.25) is 5.91 Å². The van der Waals surface area contributed by atoms with E-state index in [-0.39, 0.29) is 18.3 Å². The Morgan fingerprint density at radius 3 is 2.71 bits per heavy atom. The Balaban J connectivity index is 0.00000161. The summed E-state index contributed by atoms with van der Waals surface area (Å²) in [5.74, 6) is 0.835. The van der Waals surface area contributed by atoms with E-state index in [4.69, 9.17) is 5.73 Å². The van der Waals surface area contributed by atoms with Crippen LogP contribution in [0, 0.1) is 5.92 Å². The molecule has 0 spiro atoms. The number of amides is 1. The number of carbonyl (C=O) groups excluding carboxylic acids is 1. The summed E-state index contributed by atoms with van der Waals surface area (Å²) in [5.41, 5.74) is 8.39. The van der Waals surface area contributed by atoms with Gasteiger partial charge in [-0.05, 0) is 43.0 Å². The highest BCUT2D eigenvalue weighted by molar-refractivity contribution is 5.85. The number of rotatable bonds is 3. The van der Waals surface area contributed by atoms with Crippen molar-refractivity contribution in [1.29, 1.82) is 0 Å². The average molecular weight is 310 g/mol. The topological polar surface area (TPSA) is 49.6 Å². The van der Waals surface area contributed by atoms with E-state index in [1.165, 1.54) is 11.1 Å². The fraction of sp³-hybridized carbons (Fsp3) is 0.562. The monoisotopic (exact) mass is 309 g/mol. The van der Waals surface area contributed by atoms with Gasteiger partial charge in [-0.25, -0.2) is 0 Å². The van der Waals surface area contributed by atoms with Crippen molar-refractivity contribution in [2.75, 3.05) is 32.7 Å². The lowest BCUT2D eigenvalue weighted by Gasteiger charge is -2.30. The first-order valence-electron chi connectivity index (χ1n) is 7.53. The summed E-state index contributed by atoms with van der Waals surface area (Å²) in [5, 5.41) is 0. The lowest BCUT2D eigenvalue weighted by Crippen LogP contribution is -2.42. The fourth-order valence-corrected chi connectivity index (χ4v) is 3.25. The van der Waals surface area contributed by atoms with Crippen molar-refractivity contribution in [2.45, 2.75) is 19.4 Å². The van der Waals surface area contributed by atoms with E-state index in [1.54, 1.807) is 0 Å². The third kappa shape index (κ3) is 3.76. The van der Waals surface area contributed by atoms with Crippen molar-refractivity contribution in [3.63, 3.8) is 0 Å². The van der Waals surface area contributed by atoms with Gasteiger partial charge in [0.25, 0.3) is 0 Å². The smallest absolute Gasteiger partial charge is 0.237 e. The Hall–Kier alpha value is -1.10. The number of hydrogen-bond donors (Lipinski definition) is 1. The summed E-state index contributed by atoms with van der Waals surface area (Å²) in [6.07, 6.45) is 2.11. The molecule has 116 valence electrons. The van der Waals surface area contributed by atoms with E-state index < -0.39 is 0 Å². The lowest BCUT2D eigenvalue weighted by molar-refractivity contribution is -0.133. The van der Waals surface area contributed by atoms with Crippen molar-refractivity contribution >= 4 is 18.3 Å². The first kappa shape index (κ1) is 16.3. The molecule has 0 radical (unpaired) electrons. The number of fused-ring (bicyclic) bond motifs is 1. The van der Waals surface area contributed by atoms with Crippen molar-refractivity contribution in [3.05, 3.63) is 35.4 Å². The van der Waals surface area contributed by atoms with Crippen LogP contribution in [0.3, 0.4) is 0 Å². The zero-order valence-electron chi connectivity index (χ0n) is 12.3. The maximum absolute atomic E-state index is 12.4. The quantitative estimate of drug-likeness (QED) is 0.915. The molecule has 1 aromatic rings. The Morgan fingerprint density at radius 2 is 2.00 bits per heavy atom. The number of likely N-dealkylation sites (tertiary alicyclic amines) is 1. The SMILES string of the molecule is Cl.NCC1CCN(CC(=O)N2CCc3ccccc3C2)C1. The van der Waals surface area contributed by atoms with Gasteiger partial charge in [-0.3, -0.25) is 9.69 Å². The molecule has 1 fully saturated rings. The standard InChI is InChI=1S/C16H23N3O.ClH/c17-9-13-5-7-18(10-13)12-16(20)19-8-6-14-3-1-2-4-15(14)11-19;/h1-4,13H,5-12,17H2;1H. The van der Waals surface area contributed by atoms with Crippen LogP contribution in [0.2, 0.25) is 0 Å². The molecular formula is C16H24ClN3O. The van der Waals surface area contributed by atoms with Gasteiger partial charge >= 0.3 is 0 Å². The van der Waals surface area contributed by atoms with E-state index in [0.29, 0.717) is 12.5 Å². The molecule has 0 aliphatic carbocycles. The zero-order chi connectivity index (χ0) is 13.9. The molecule has 2 aliphatic heterocycles. The number of nitrogens with zero attached hydrogens (tertiary/aromatic N) is 2. The predicted octanol–water partition coefficient (Wildman–Crippen LogP) is 1.27. The largest absolute Gasteiger partial charge is 0.337 e. The maximum atomic E-state index is 12.4. The van der Waals surface area contributed by atoms with Gasteiger partial charge in [-0.2, -0.15) is 0 Å². The van der Waals surface area contributed by atoms with E-state index in [2.05, 4.69) is 29.2 Å². The molecule has 1 atom stereocenters. The minimum Gasteiger partial charge on any atom is -0.337 e. The molecule has 21 heavy (non-hydrogen) atoms. The van der Waals surface area contributed by atoms with Crippen LogP contribution in [0.25, 0.3) is 0 Å². The van der Waals surface area contributed by atoms with Crippen LogP contribution in [-0.4, -0.2) is 48.4 Å². The molecule has 1 saturated heterocycles. The first-order valence-corrected chi connectivity index (χ1v) is 7.53. The molecule has 1 amide bonds. The molecular weight excluding hydrogens is 286 g/mol. The maximum Gasteiger partial charge on any atom is 0.237 e. The van der Waals surface area contributed by atoms with E-state index in [0.717, 1.165) is 45.6 Å². The molecule has 0 aromatic heterocycles. The molecule has 0 saturated carbocycles. The van der Waals surface area contributed by atoms with E-state index in [9.17, 15) is 4.79 Å². The normalized spacial score (nSPS) is 21.8. The molecule has 2 N–H and O–H groups in total. The molecule has 2 aliphatic rings. The minimum atomic E-state index is 0. The van der Waals surface area contributed by atoms with Crippen LogP contribution in [-0.2, 0) is 17.8 Å². The second-order valence-electron chi connectivity index (χ2n) is 5.96. The zero-order valence-corrected chi connectivity index (χ0v) is 13.1. The summed E-state index contributed by atoms with van der Waals surface area (Å²) in [7, 11) is 0. The van der Waals surface area contributed by atoms with Gasteiger partial charge < -0.3 is 10.6 Å². The molecule has 1 aromatic carbocycles. The Bertz CT molecular complexity index is 494. The molecule has 1 unspecified atom stereocenters. The lowest BCUT2D eigenvalue weighted by atomic mass is 10.00. The van der Waals surface area contributed by atoms with Gasteiger partial charge in [0, 0.05) is 19.6 Å². The average Bonchev–Trinajstić information content (AvgIpc) is 2.94. The third-order valence-corrected chi connectivity index (χ3v) is 4.55. The highest BCUT2D eigenvalue weighted by Crippen LogP contribution is 2.20. The van der Waals surface area contributed by atoms with Crippen LogP contribution in [0.15, 0.2) is 24.3 Å². The van der Waals surface area contributed by atoms with E-state index >= 15 is 0 Å². The highest BCUT2D eigenvalue weighted by Gasteiger charge is 2.26. The molecule has 2 heterocycles.